The van der Waals surface area contributed by atoms with Gasteiger partial charge in [-0.2, -0.15) is 0 Å². The van der Waals surface area contributed by atoms with E-state index in [0.717, 1.165) is 6.42 Å². The molecule has 132 valence electrons. The van der Waals surface area contributed by atoms with Gasteiger partial charge in [0.1, 0.15) is 0 Å². The number of carbonyl (C=O) groups is 3. The molecule has 0 unspecified atom stereocenters. The van der Waals surface area contributed by atoms with Crippen LogP contribution in [0.25, 0.3) is 0 Å². The molecule has 0 aliphatic carbocycles. The van der Waals surface area contributed by atoms with E-state index in [9.17, 15) is 14.4 Å². The van der Waals surface area contributed by atoms with Crippen LogP contribution in [0.3, 0.4) is 0 Å². The topological polar surface area (TPSA) is 81.7 Å². The molecule has 0 aliphatic heterocycles. The molecule has 0 radical (unpaired) electrons. The number of ether oxygens (including phenoxy) is 2. The molecule has 1 N–H and O–H groups in total. The zero-order valence-corrected chi connectivity index (χ0v) is 14.6. The van der Waals surface area contributed by atoms with Gasteiger partial charge in [-0.25, -0.2) is 4.79 Å². The lowest BCUT2D eigenvalue weighted by Crippen LogP contribution is -2.22. The zero-order valence-electron chi connectivity index (χ0n) is 13.8. The third-order valence-electron chi connectivity index (χ3n) is 3.35. The molecule has 2 aromatic rings. The van der Waals surface area contributed by atoms with Crippen molar-refractivity contribution in [3.05, 3.63) is 52.2 Å². The molecular formula is C18H19NO5S. The number of thiophene rings is 1. The van der Waals surface area contributed by atoms with Crippen molar-refractivity contribution in [3.8, 4) is 0 Å². The molecule has 0 bridgehead atoms. The summed E-state index contributed by atoms with van der Waals surface area (Å²) in [4.78, 5) is 36.4. The van der Waals surface area contributed by atoms with Crippen molar-refractivity contribution >= 4 is 34.9 Å². The van der Waals surface area contributed by atoms with Crippen molar-refractivity contribution in [2.24, 2.45) is 0 Å². The van der Waals surface area contributed by atoms with Crippen molar-refractivity contribution in [2.45, 2.75) is 19.3 Å². The van der Waals surface area contributed by atoms with Gasteiger partial charge in [0, 0.05) is 11.3 Å². The van der Waals surface area contributed by atoms with Crippen LogP contribution in [-0.4, -0.2) is 31.6 Å². The van der Waals surface area contributed by atoms with Gasteiger partial charge in [0.25, 0.3) is 5.91 Å². The summed E-state index contributed by atoms with van der Waals surface area (Å²) in [6.45, 7) is -0.395. The first-order valence-electron chi connectivity index (χ1n) is 7.75. The average molecular weight is 361 g/mol. The Morgan fingerprint density at radius 3 is 2.64 bits per heavy atom. The number of para-hydroxylation sites is 1. The van der Waals surface area contributed by atoms with Gasteiger partial charge in [0.2, 0.25) is 0 Å². The largest absolute Gasteiger partial charge is 0.465 e. The first-order valence-corrected chi connectivity index (χ1v) is 8.63. The Morgan fingerprint density at radius 1 is 1.12 bits per heavy atom. The van der Waals surface area contributed by atoms with Crippen molar-refractivity contribution in [1.82, 2.24) is 0 Å². The van der Waals surface area contributed by atoms with Crippen molar-refractivity contribution in [3.63, 3.8) is 0 Å². The fourth-order valence-corrected chi connectivity index (χ4v) is 2.90. The molecule has 6 nitrogen and oxygen atoms in total. The highest BCUT2D eigenvalue weighted by molar-refractivity contribution is 7.09. The molecule has 0 saturated carbocycles. The van der Waals surface area contributed by atoms with Crippen LogP contribution in [0.15, 0.2) is 41.8 Å². The Labute approximate surface area is 149 Å². The van der Waals surface area contributed by atoms with E-state index in [1.807, 2.05) is 17.5 Å². The zero-order chi connectivity index (χ0) is 18.1. The minimum Gasteiger partial charge on any atom is -0.465 e. The second-order valence-electron chi connectivity index (χ2n) is 5.18. The number of rotatable bonds is 8. The summed E-state index contributed by atoms with van der Waals surface area (Å²) in [7, 11) is 1.26. The summed E-state index contributed by atoms with van der Waals surface area (Å²) < 4.78 is 9.62. The van der Waals surface area contributed by atoms with Crippen LogP contribution < -0.4 is 5.32 Å². The fraction of sp³-hybridized carbons (Fsp3) is 0.278. The summed E-state index contributed by atoms with van der Waals surface area (Å²) in [6, 6.07) is 10.4. The molecule has 1 heterocycles. The summed E-state index contributed by atoms with van der Waals surface area (Å²) in [5, 5.41) is 4.53. The van der Waals surface area contributed by atoms with E-state index in [-0.39, 0.29) is 12.0 Å². The fourth-order valence-electron chi connectivity index (χ4n) is 2.15. The second-order valence-corrected chi connectivity index (χ2v) is 6.21. The standard InChI is InChI=1S/C18H19NO5S/c1-23-18(22)14-8-2-3-9-15(14)19-16(20)12-24-17(21)10-4-6-13-7-5-11-25-13/h2-3,5,7-9,11H,4,6,10,12H2,1H3,(H,19,20). The molecule has 0 aliphatic rings. The van der Waals surface area contributed by atoms with Crippen LogP contribution in [-0.2, 0) is 25.5 Å². The van der Waals surface area contributed by atoms with Gasteiger partial charge in [-0.3, -0.25) is 9.59 Å². The number of methoxy groups -OCH3 is 1. The van der Waals surface area contributed by atoms with Crippen molar-refractivity contribution in [1.29, 1.82) is 0 Å². The summed E-state index contributed by atoms with van der Waals surface area (Å²) >= 11 is 1.65. The average Bonchev–Trinajstić information content (AvgIpc) is 3.13. The molecule has 1 aromatic heterocycles. The van der Waals surface area contributed by atoms with E-state index in [4.69, 9.17) is 4.74 Å². The van der Waals surface area contributed by atoms with Gasteiger partial charge in [-0.05, 0) is 36.4 Å². The smallest absolute Gasteiger partial charge is 0.339 e. The Bertz CT molecular complexity index is 727. The summed E-state index contributed by atoms with van der Waals surface area (Å²) in [5.74, 6) is -1.49. The van der Waals surface area contributed by atoms with E-state index < -0.39 is 24.5 Å². The first kappa shape index (κ1) is 18.7. The third kappa shape index (κ3) is 6.04. The van der Waals surface area contributed by atoms with Gasteiger partial charge < -0.3 is 14.8 Å². The Hall–Kier alpha value is -2.67. The molecular weight excluding hydrogens is 342 g/mol. The molecule has 2 rings (SSSR count). The Kier molecular flexibility index (Phi) is 7.16. The lowest BCUT2D eigenvalue weighted by molar-refractivity contribution is -0.147. The Morgan fingerprint density at radius 2 is 1.92 bits per heavy atom. The van der Waals surface area contributed by atoms with Gasteiger partial charge in [-0.15, -0.1) is 11.3 Å². The van der Waals surface area contributed by atoms with Crippen LogP contribution in [0, 0.1) is 0 Å². The number of aryl methyl sites for hydroxylation is 1. The number of anilines is 1. The molecule has 1 aromatic carbocycles. The molecule has 1 amide bonds. The van der Waals surface area contributed by atoms with Crippen LogP contribution in [0.5, 0.6) is 0 Å². The quantitative estimate of drug-likeness (QED) is 0.731. The van der Waals surface area contributed by atoms with E-state index >= 15 is 0 Å². The number of hydrogen-bond acceptors (Lipinski definition) is 6. The normalized spacial score (nSPS) is 10.1. The maximum atomic E-state index is 11.9. The molecule has 25 heavy (non-hydrogen) atoms. The van der Waals surface area contributed by atoms with Crippen molar-refractivity contribution in [2.75, 3.05) is 19.0 Å². The lowest BCUT2D eigenvalue weighted by Gasteiger charge is -2.10. The minimum absolute atomic E-state index is 0.237. The predicted octanol–water partition coefficient (Wildman–Crippen LogP) is 3.04. The molecule has 7 heteroatoms. The van der Waals surface area contributed by atoms with Crippen LogP contribution in [0.4, 0.5) is 5.69 Å². The summed E-state index contributed by atoms with van der Waals surface area (Å²) in [5.41, 5.74) is 0.550. The maximum Gasteiger partial charge on any atom is 0.339 e. The number of benzene rings is 1. The molecule has 0 spiro atoms. The third-order valence-corrected chi connectivity index (χ3v) is 4.29. The predicted molar refractivity (Wildman–Crippen MR) is 94.6 cm³/mol. The lowest BCUT2D eigenvalue weighted by atomic mass is 10.2. The van der Waals surface area contributed by atoms with Gasteiger partial charge >= 0.3 is 11.9 Å². The SMILES string of the molecule is COC(=O)c1ccccc1NC(=O)COC(=O)CCCc1cccs1. The summed E-state index contributed by atoms with van der Waals surface area (Å²) in [6.07, 6.45) is 1.74. The molecule has 0 atom stereocenters. The highest BCUT2D eigenvalue weighted by atomic mass is 32.1. The van der Waals surface area contributed by atoms with Crippen LogP contribution in [0.2, 0.25) is 0 Å². The molecule has 0 saturated heterocycles. The van der Waals surface area contributed by atoms with Crippen LogP contribution in [0.1, 0.15) is 28.1 Å². The van der Waals surface area contributed by atoms with Gasteiger partial charge in [-0.1, -0.05) is 18.2 Å². The van der Waals surface area contributed by atoms with E-state index in [1.165, 1.54) is 18.1 Å². The van der Waals surface area contributed by atoms with E-state index in [0.29, 0.717) is 12.1 Å². The highest BCUT2D eigenvalue weighted by Gasteiger charge is 2.14. The highest BCUT2D eigenvalue weighted by Crippen LogP contribution is 2.16. The Balaban J connectivity index is 1.75. The van der Waals surface area contributed by atoms with Gasteiger partial charge in [0.15, 0.2) is 6.61 Å². The number of amides is 1. The van der Waals surface area contributed by atoms with Crippen LogP contribution >= 0.6 is 11.3 Å². The van der Waals surface area contributed by atoms with Crippen molar-refractivity contribution < 1.29 is 23.9 Å². The monoisotopic (exact) mass is 361 g/mol. The first-order chi connectivity index (χ1) is 12.1. The second kappa shape index (κ2) is 9.58. The number of esters is 2. The number of hydrogen-bond donors (Lipinski definition) is 1. The number of nitrogens with one attached hydrogen (secondary N) is 1. The van der Waals surface area contributed by atoms with E-state index in [1.54, 1.807) is 29.5 Å². The maximum absolute atomic E-state index is 11.9. The minimum atomic E-state index is -0.554. The van der Waals surface area contributed by atoms with E-state index in [2.05, 4.69) is 10.1 Å². The number of carbonyl (C=O) groups excluding carboxylic acids is 3. The molecule has 0 fully saturated rings. The van der Waals surface area contributed by atoms with Gasteiger partial charge in [0.05, 0.1) is 18.4 Å².